The van der Waals surface area contributed by atoms with Gasteiger partial charge in [-0.05, 0) is 49.4 Å². The molecule has 0 radical (unpaired) electrons. The summed E-state index contributed by atoms with van der Waals surface area (Å²) in [5.41, 5.74) is 1.26. The summed E-state index contributed by atoms with van der Waals surface area (Å²) in [6.45, 7) is 6.63. The Kier molecular flexibility index (Phi) is 7.13. The first kappa shape index (κ1) is 23.8. The van der Waals surface area contributed by atoms with Gasteiger partial charge in [0.25, 0.3) is 5.91 Å². The summed E-state index contributed by atoms with van der Waals surface area (Å²) in [6, 6.07) is 9.50. The number of aromatic nitrogens is 2. The number of amides is 2. The smallest absolute Gasteiger partial charge is 0.273 e. The van der Waals surface area contributed by atoms with E-state index in [1.165, 1.54) is 19.3 Å². The standard InChI is InChI=1S/C26H35ClN4O2/c1-18(2)22-15-23-24(32)30(16-19-10-9-11-20(27)14-19)26(3,17-31(23)29-22)25(33)28-21-12-7-5-4-6-8-13-21/h9-11,14-15,18,21H,4-8,12-13,16-17H2,1-3H3,(H,28,33)/t26-/m0/s1. The highest BCUT2D eigenvalue weighted by molar-refractivity contribution is 6.30. The highest BCUT2D eigenvalue weighted by Gasteiger charge is 2.48. The zero-order valence-electron chi connectivity index (χ0n) is 19.9. The third-order valence-corrected chi connectivity index (χ3v) is 7.30. The lowest BCUT2D eigenvalue weighted by Gasteiger charge is -2.44. The zero-order valence-corrected chi connectivity index (χ0v) is 20.7. The summed E-state index contributed by atoms with van der Waals surface area (Å²) >= 11 is 6.21. The van der Waals surface area contributed by atoms with Crippen LogP contribution in [0, 0.1) is 0 Å². The van der Waals surface area contributed by atoms with Crippen LogP contribution in [-0.4, -0.2) is 38.1 Å². The van der Waals surface area contributed by atoms with Crippen molar-refractivity contribution in [2.45, 2.75) is 96.3 Å². The largest absolute Gasteiger partial charge is 0.351 e. The molecule has 0 saturated heterocycles. The second kappa shape index (κ2) is 9.88. The number of nitrogens with zero attached hydrogens (tertiary/aromatic N) is 3. The minimum atomic E-state index is -1.05. The molecule has 178 valence electrons. The fourth-order valence-electron chi connectivity index (χ4n) is 4.95. The van der Waals surface area contributed by atoms with Gasteiger partial charge in [-0.1, -0.05) is 69.7 Å². The van der Waals surface area contributed by atoms with E-state index in [2.05, 4.69) is 24.3 Å². The van der Waals surface area contributed by atoms with Gasteiger partial charge in [0, 0.05) is 17.6 Å². The van der Waals surface area contributed by atoms with Crippen LogP contribution < -0.4 is 5.32 Å². The molecule has 7 heteroatoms. The molecule has 1 atom stereocenters. The molecule has 2 heterocycles. The molecule has 1 aromatic heterocycles. The van der Waals surface area contributed by atoms with E-state index in [0.717, 1.165) is 36.9 Å². The van der Waals surface area contributed by atoms with Gasteiger partial charge in [0.1, 0.15) is 11.2 Å². The molecular weight excluding hydrogens is 436 g/mol. The van der Waals surface area contributed by atoms with Gasteiger partial charge in [0.05, 0.1) is 12.2 Å². The third-order valence-electron chi connectivity index (χ3n) is 7.07. The number of hydrogen-bond donors (Lipinski definition) is 1. The topological polar surface area (TPSA) is 67.2 Å². The van der Waals surface area contributed by atoms with Crippen LogP contribution in [0.5, 0.6) is 0 Å². The van der Waals surface area contributed by atoms with Crippen molar-refractivity contribution in [2.75, 3.05) is 0 Å². The molecule has 0 bridgehead atoms. The lowest BCUT2D eigenvalue weighted by atomic mass is 9.91. The van der Waals surface area contributed by atoms with Gasteiger partial charge in [-0.2, -0.15) is 5.10 Å². The van der Waals surface area contributed by atoms with Crippen molar-refractivity contribution in [1.29, 1.82) is 0 Å². The predicted octanol–water partition coefficient (Wildman–Crippen LogP) is 5.30. The summed E-state index contributed by atoms with van der Waals surface area (Å²) in [7, 11) is 0. The summed E-state index contributed by atoms with van der Waals surface area (Å²) in [6.07, 6.45) is 7.97. The Morgan fingerprint density at radius 2 is 1.88 bits per heavy atom. The van der Waals surface area contributed by atoms with Crippen LogP contribution in [-0.2, 0) is 17.9 Å². The number of halogens is 1. The third kappa shape index (κ3) is 5.11. The molecule has 2 aromatic rings. The van der Waals surface area contributed by atoms with Crippen molar-refractivity contribution in [3.05, 3.63) is 52.3 Å². The van der Waals surface area contributed by atoms with Gasteiger partial charge in [-0.25, -0.2) is 0 Å². The predicted molar refractivity (Wildman–Crippen MR) is 130 cm³/mol. The molecule has 33 heavy (non-hydrogen) atoms. The second-order valence-electron chi connectivity index (χ2n) is 10.1. The molecule has 1 saturated carbocycles. The molecule has 1 N–H and O–H groups in total. The SMILES string of the molecule is CC(C)c1cc2n(n1)C[C@@](C)(C(=O)NC1CCCCCCC1)N(Cc1cccc(Cl)c1)C2=O. The first-order chi connectivity index (χ1) is 15.8. The monoisotopic (exact) mass is 470 g/mol. The molecular formula is C26H35ClN4O2. The molecule has 0 unspecified atom stereocenters. The Hall–Kier alpha value is -2.34. The molecule has 2 aliphatic rings. The quantitative estimate of drug-likeness (QED) is 0.644. The maximum atomic E-state index is 13.8. The number of benzene rings is 1. The van der Waals surface area contributed by atoms with Gasteiger partial charge >= 0.3 is 0 Å². The molecule has 1 aliphatic heterocycles. The highest BCUT2D eigenvalue weighted by Crippen LogP contribution is 2.31. The minimum absolute atomic E-state index is 0.101. The van der Waals surface area contributed by atoms with Crippen molar-refractivity contribution in [2.24, 2.45) is 0 Å². The Labute approximate surface area is 201 Å². The minimum Gasteiger partial charge on any atom is -0.351 e. The van der Waals surface area contributed by atoms with Crippen LogP contribution in [0.15, 0.2) is 30.3 Å². The summed E-state index contributed by atoms with van der Waals surface area (Å²) in [5, 5.41) is 8.60. The van der Waals surface area contributed by atoms with E-state index in [0.29, 0.717) is 23.8 Å². The number of hydrogen-bond acceptors (Lipinski definition) is 3. The van der Waals surface area contributed by atoms with E-state index < -0.39 is 5.54 Å². The van der Waals surface area contributed by atoms with E-state index in [4.69, 9.17) is 11.6 Å². The summed E-state index contributed by atoms with van der Waals surface area (Å²) in [4.78, 5) is 29.2. The van der Waals surface area contributed by atoms with Crippen LogP contribution in [0.3, 0.4) is 0 Å². The Morgan fingerprint density at radius 1 is 1.18 bits per heavy atom. The summed E-state index contributed by atoms with van der Waals surface area (Å²) < 4.78 is 1.73. The first-order valence-electron chi connectivity index (χ1n) is 12.2. The Morgan fingerprint density at radius 3 is 2.55 bits per heavy atom. The van der Waals surface area contributed by atoms with Gasteiger partial charge in [0.2, 0.25) is 5.91 Å². The average molecular weight is 471 g/mol. The fourth-order valence-corrected chi connectivity index (χ4v) is 5.16. The van der Waals surface area contributed by atoms with Gasteiger partial charge in [-0.3, -0.25) is 14.3 Å². The lowest BCUT2D eigenvalue weighted by molar-refractivity contribution is -0.134. The Bertz CT molecular complexity index is 1010. The van der Waals surface area contributed by atoms with Crippen molar-refractivity contribution in [1.82, 2.24) is 20.0 Å². The van der Waals surface area contributed by atoms with Crippen LogP contribution in [0.25, 0.3) is 0 Å². The van der Waals surface area contributed by atoms with Gasteiger partial charge in [-0.15, -0.1) is 0 Å². The number of carbonyl (C=O) groups is 2. The molecule has 1 aliphatic carbocycles. The normalized spacial score (nSPS) is 22.1. The molecule has 2 amide bonds. The van der Waals surface area contributed by atoms with Gasteiger partial charge < -0.3 is 10.2 Å². The maximum absolute atomic E-state index is 13.8. The molecule has 4 rings (SSSR count). The average Bonchev–Trinajstić information content (AvgIpc) is 3.17. The van der Waals surface area contributed by atoms with E-state index in [1.807, 2.05) is 37.3 Å². The van der Waals surface area contributed by atoms with E-state index in [1.54, 1.807) is 9.58 Å². The molecule has 6 nitrogen and oxygen atoms in total. The van der Waals surface area contributed by atoms with Gasteiger partial charge in [0.15, 0.2) is 0 Å². The van der Waals surface area contributed by atoms with Crippen LogP contribution in [0.4, 0.5) is 0 Å². The van der Waals surface area contributed by atoms with Crippen LogP contribution >= 0.6 is 11.6 Å². The zero-order chi connectivity index (χ0) is 23.6. The fraction of sp³-hybridized carbons (Fsp3) is 0.577. The molecule has 0 spiro atoms. The van der Waals surface area contributed by atoms with Crippen molar-refractivity contribution < 1.29 is 9.59 Å². The number of carbonyl (C=O) groups excluding carboxylic acids is 2. The van der Waals surface area contributed by atoms with Crippen molar-refractivity contribution in [3.63, 3.8) is 0 Å². The summed E-state index contributed by atoms with van der Waals surface area (Å²) in [5.74, 6) is -0.0704. The molecule has 1 fully saturated rings. The number of fused-ring (bicyclic) bond motifs is 1. The van der Waals surface area contributed by atoms with Crippen LogP contribution in [0.2, 0.25) is 5.02 Å². The maximum Gasteiger partial charge on any atom is 0.273 e. The lowest BCUT2D eigenvalue weighted by Crippen LogP contribution is -2.64. The van der Waals surface area contributed by atoms with Crippen molar-refractivity contribution >= 4 is 23.4 Å². The van der Waals surface area contributed by atoms with Crippen LogP contribution in [0.1, 0.15) is 93.4 Å². The van der Waals surface area contributed by atoms with Crippen molar-refractivity contribution in [3.8, 4) is 0 Å². The second-order valence-corrected chi connectivity index (χ2v) is 10.5. The number of rotatable bonds is 5. The van der Waals surface area contributed by atoms with E-state index in [-0.39, 0.29) is 23.8 Å². The highest BCUT2D eigenvalue weighted by atomic mass is 35.5. The number of nitrogens with one attached hydrogen (secondary N) is 1. The Balaban J connectivity index is 1.66. The van der Waals surface area contributed by atoms with E-state index >= 15 is 0 Å². The first-order valence-corrected chi connectivity index (χ1v) is 12.6. The molecule has 1 aromatic carbocycles. The van der Waals surface area contributed by atoms with E-state index in [9.17, 15) is 9.59 Å².